The van der Waals surface area contributed by atoms with Crippen molar-refractivity contribution in [2.24, 2.45) is 7.05 Å². The number of amides is 1. The van der Waals surface area contributed by atoms with Gasteiger partial charge in [0.2, 0.25) is 5.91 Å². The van der Waals surface area contributed by atoms with Gasteiger partial charge < -0.3 is 4.90 Å². The summed E-state index contributed by atoms with van der Waals surface area (Å²) in [4.78, 5) is 13.6. The Hall–Kier alpha value is -1.55. The van der Waals surface area contributed by atoms with Crippen LogP contribution in [0.1, 0.15) is 6.42 Å². The third-order valence-electron chi connectivity index (χ3n) is 3.14. The average Bonchev–Trinajstić information content (AvgIpc) is 2.83. The normalized spacial score (nSPS) is 20.5. The van der Waals surface area contributed by atoms with Crippen molar-refractivity contribution in [3.8, 4) is 0 Å². The summed E-state index contributed by atoms with van der Waals surface area (Å²) in [6, 6.07) is 5.87. The van der Waals surface area contributed by atoms with Gasteiger partial charge in [-0.3, -0.25) is 9.48 Å². The summed E-state index contributed by atoms with van der Waals surface area (Å²) < 4.78 is 1.80. The summed E-state index contributed by atoms with van der Waals surface area (Å²) >= 11 is 6.02. The Labute approximate surface area is 104 Å². The number of anilines is 1. The number of halogens is 1. The van der Waals surface area contributed by atoms with Crippen molar-refractivity contribution in [1.82, 2.24) is 9.78 Å². The van der Waals surface area contributed by atoms with Crippen LogP contribution in [0.3, 0.4) is 0 Å². The molecule has 1 saturated heterocycles. The maximum atomic E-state index is 11.8. The first kappa shape index (κ1) is 10.6. The first-order chi connectivity index (χ1) is 8.16. The Morgan fingerprint density at radius 3 is 3.00 bits per heavy atom. The standard InChI is InChI=1S/C12H12ClN3O/c1-15-10-3-2-4-11(9(10)6-14-15)16-7-8(13)5-12(16)17/h2-4,6,8H,5,7H2,1H3. The molecule has 5 heteroatoms. The van der Waals surface area contributed by atoms with Crippen molar-refractivity contribution < 1.29 is 4.79 Å². The van der Waals surface area contributed by atoms with Crippen molar-refractivity contribution in [3.63, 3.8) is 0 Å². The molecule has 1 amide bonds. The van der Waals surface area contributed by atoms with Crippen LogP contribution in [0.5, 0.6) is 0 Å². The van der Waals surface area contributed by atoms with Crippen molar-refractivity contribution in [2.75, 3.05) is 11.4 Å². The van der Waals surface area contributed by atoms with Gasteiger partial charge in [-0.1, -0.05) is 6.07 Å². The molecule has 2 aromatic rings. The van der Waals surface area contributed by atoms with E-state index in [2.05, 4.69) is 5.10 Å². The van der Waals surface area contributed by atoms with Crippen molar-refractivity contribution in [2.45, 2.75) is 11.8 Å². The van der Waals surface area contributed by atoms with Gasteiger partial charge in [-0.15, -0.1) is 11.6 Å². The summed E-state index contributed by atoms with van der Waals surface area (Å²) in [6.45, 7) is 0.578. The van der Waals surface area contributed by atoms with E-state index >= 15 is 0 Å². The lowest BCUT2D eigenvalue weighted by Gasteiger charge is -2.16. The first-order valence-electron chi connectivity index (χ1n) is 5.52. The Balaban J connectivity index is 2.14. The van der Waals surface area contributed by atoms with E-state index in [-0.39, 0.29) is 11.3 Å². The van der Waals surface area contributed by atoms with Gasteiger partial charge in [-0.2, -0.15) is 5.10 Å². The van der Waals surface area contributed by atoms with Crippen LogP contribution in [0.4, 0.5) is 5.69 Å². The predicted octanol–water partition coefficient (Wildman–Crippen LogP) is 1.92. The maximum Gasteiger partial charge on any atom is 0.228 e. The number of hydrogen-bond acceptors (Lipinski definition) is 2. The van der Waals surface area contributed by atoms with E-state index in [1.165, 1.54) is 0 Å². The van der Waals surface area contributed by atoms with Crippen LogP contribution in [0.2, 0.25) is 0 Å². The molecule has 0 bridgehead atoms. The predicted molar refractivity (Wildman–Crippen MR) is 67.3 cm³/mol. The zero-order valence-corrected chi connectivity index (χ0v) is 10.2. The molecule has 17 heavy (non-hydrogen) atoms. The zero-order chi connectivity index (χ0) is 12.0. The van der Waals surface area contributed by atoms with E-state index < -0.39 is 0 Å². The molecule has 1 aliphatic rings. The number of aromatic nitrogens is 2. The van der Waals surface area contributed by atoms with Crippen LogP contribution in [0.25, 0.3) is 10.9 Å². The third kappa shape index (κ3) is 1.60. The highest BCUT2D eigenvalue weighted by Crippen LogP contribution is 2.30. The number of benzene rings is 1. The van der Waals surface area contributed by atoms with Crippen LogP contribution >= 0.6 is 11.6 Å². The number of rotatable bonds is 1. The lowest BCUT2D eigenvalue weighted by Crippen LogP contribution is -2.24. The summed E-state index contributed by atoms with van der Waals surface area (Å²) in [6.07, 6.45) is 2.21. The van der Waals surface area contributed by atoms with E-state index in [9.17, 15) is 4.79 Å². The van der Waals surface area contributed by atoms with Crippen LogP contribution in [-0.4, -0.2) is 27.6 Å². The quantitative estimate of drug-likeness (QED) is 0.725. The summed E-state index contributed by atoms with van der Waals surface area (Å²) in [5, 5.41) is 5.12. The number of hydrogen-bond donors (Lipinski definition) is 0. The molecule has 0 radical (unpaired) electrons. The molecule has 0 N–H and O–H groups in total. The fourth-order valence-electron chi connectivity index (χ4n) is 2.29. The van der Waals surface area contributed by atoms with Gasteiger partial charge in [0.25, 0.3) is 0 Å². The summed E-state index contributed by atoms with van der Waals surface area (Å²) in [7, 11) is 1.89. The highest BCUT2D eigenvalue weighted by Gasteiger charge is 2.30. The molecule has 2 heterocycles. The number of carbonyl (C=O) groups is 1. The Bertz CT molecular complexity index is 592. The van der Waals surface area contributed by atoms with E-state index in [1.54, 1.807) is 15.8 Å². The van der Waals surface area contributed by atoms with Crippen LogP contribution in [0.15, 0.2) is 24.4 Å². The van der Waals surface area contributed by atoms with Gasteiger partial charge in [-0.05, 0) is 12.1 Å². The molecule has 88 valence electrons. The molecular formula is C12H12ClN3O. The van der Waals surface area contributed by atoms with E-state index in [1.807, 2.05) is 25.2 Å². The number of fused-ring (bicyclic) bond motifs is 1. The molecule has 1 fully saturated rings. The van der Waals surface area contributed by atoms with Crippen LogP contribution in [0, 0.1) is 0 Å². The highest BCUT2D eigenvalue weighted by atomic mass is 35.5. The highest BCUT2D eigenvalue weighted by molar-refractivity contribution is 6.24. The molecule has 1 atom stereocenters. The summed E-state index contributed by atoms with van der Waals surface area (Å²) in [5.74, 6) is 0.0846. The molecular weight excluding hydrogens is 238 g/mol. The molecule has 1 aliphatic heterocycles. The first-order valence-corrected chi connectivity index (χ1v) is 5.95. The van der Waals surface area contributed by atoms with Gasteiger partial charge in [0.05, 0.1) is 22.8 Å². The van der Waals surface area contributed by atoms with Gasteiger partial charge in [0.15, 0.2) is 0 Å². The Kier molecular flexibility index (Phi) is 2.33. The molecule has 1 aromatic heterocycles. The second kappa shape index (κ2) is 3.74. The number of nitrogens with zero attached hydrogens (tertiary/aromatic N) is 3. The molecule has 0 spiro atoms. The minimum atomic E-state index is -0.0885. The van der Waals surface area contributed by atoms with Crippen molar-refractivity contribution in [1.29, 1.82) is 0 Å². The van der Waals surface area contributed by atoms with E-state index in [0.717, 1.165) is 16.6 Å². The second-order valence-electron chi connectivity index (χ2n) is 4.28. The van der Waals surface area contributed by atoms with E-state index in [0.29, 0.717) is 13.0 Å². The number of alkyl halides is 1. The fraction of sp³-hybridized carbons (Fsp3) is 0.333. The average molecular weight is 250 g/mol. The largest absolute Gasteiger partial charge is 0.310 e. The van der Waals surface area contributed by atoms with E-state index in [4.69, 9.17) is 11.6 Å². The number of carbonyl (C=O) groups excluding carboxylic acids is 1. The molecule has 1 aromatic carbocycles. The minimum absolute atomic E-state index is 0.0846. The van der Waals surface area contributed by atoms with Gasteiger partial charge in [0.1, 0.15) is 0 Å². The lowest BCUT2D eigenvalue weighted by atomic mass is 10.2. The lowest BCUT2D eigenvalue weighted by molar-refractivity contribution is -0.117. The minimum Gasteiger partial charge on any atom is -0.310 e. The summed E-state index contributed by atoms with van der Waals surface area (Å²) in [5.41, 5.74) is 1.93. The molecule has 3 rings (SSSR count). The molecule has 4 nitrogen and oxygen atoms in total. The Morgan fingerprint density at radius 2 is 2.29 bits per heavy atom. The van der Waals surface area contributed by atoms with Crippen LogP contribution in [-0.2, 0) is 11.8 Å². The van der Waals surface area contributed by atoms with Gasteiger partial charge in [-0.25, -0.2) is 0 Å². The SMILES string of the molecule is Cn1ncc2c(N3CC(Cl)CC3=O)cccc21. The maximum absolute atomic E-state index is 11.8. The monoisotopic (exact) mass is 249 g/mol. The number of aryl methyl sites for hydroxylation is 1. The fourth-order valence-corrected chi connectivity index (χ4v) is 2.56. The molecule has 0 aliphatic carbocycles. The van der Waals surface area contributed by atoms with Gasteiger partial charge in [0, 0.05) is 25.4 Å². The van der Waals surface area contributed by atoms with Gasteiger partial charge >= 0.3 is 0 Å². The second-order valence-corrected chi connectivity index (χ2v) is 4.90. The zero-order valence-electron chi connectivity index (χ0n) is 9.43. The molecule has 1 unspecified atom stereocenters. The smallest absolute Gasteiger partial charge is 0.228 e. The van der Waals surface area contributed by atoms with Crippen molar-refractivity contribution >= 4 is 34.1 Å². The Morgan fingerprint density at radius 1 is 1.47 bits per heavy atom. The third-order valence-corrected chi connectivity index (χ3v) is 3.43. The molecule has 0 saturated carbocycles. The van der Waals surface area contributed by atoms with Crippen molar-refractivity contribution in [3.05, 3.63) is 24.4 Å². The van der Waals surface area contributed by atoms with Crippen LogP contribution < -0.4 is 4.90 Å². The topological polar surface area (TPSA) is 38.1 Å².